The number of aromatic nitrogens is 2. The standard InChI is InChI=1S/C15H16N4OS/c1-9-11(15(17)20)6-13(19(9)7-10-2-3-10)12-8-21-14(18-12)4-5-16/h6,8,10H,2-4,7H2,1H3,(H2,17,20). The maximum Gasteiger partial charge on any atom is 0.250 e. The van der Waals surface area contributed by atoms with Gasteiger partial charge in [0.05, 0.1) is 29.4 Å². The number of carbonyl (C=O) groups is 1. The van der Waals surface area contributed by atoms with Crippen LogP contribution in [0.25, 0.3) is 11.4 Å². The van der Waals surface area contributed by atoms with Crippen LogP contribution in [0.5, 0.6) is 0 Å². The highest BCUT2D eigenvalue weighted by Gasteiger charge is 2.26. The molecule has 1 amide bonds. The van der Waals surface area contributed by atoms with E-state index < -0.39 is 5.91 Å². The highest BCUT2D eigenvalue weighted by Crippen LogP contribution is 2.35. The lowest BCUT2D eigenvalue weighted by atomic mass is 10.2. The van der Waals surface area contributed by atoms with Crippen LogP contribution in [0.15, 0.2) is 11.4 Å². The van der Waals surface area contributed by atoms with Gasteiger partial charge in [0, 0.05) is 17.6 Å². The summed E-state index contributed by atoms with van der Waals surface area (Å²) in [6.45, 7) is 2.83. The lowest BCUT2D eigenvalue weighted by molar-refractivity contribution is 0.0999. The molecule has 1 aliphatic carbocycles. The molecule has 0 spiro atoms. The van der Waals surface area contributed by atoms with E-state index >= 15 is 0 Å². The van der Waals surface area contributed by atoms with Crippen molar-refractivity contribution >= 4 is 17.2 Å². The van der Waals surface area contributed by atoms with Gasteiger partial charge in [0.1, 0.15) is 5.01 Å². The van der Waals surface area contributed by atoms with E-state index in [2.05, 4.69) is 15.6 Å². The van der Waals surface area contributed by atoms with E-state index in [1.54, 1.807) is 0 Å². The monoisotopic (exact) mass is 300 g/mol. The van der Waals surface area contributed by atoms with Crippen molar-refractivity contribution in [1.29, 1.82) is 5.26 Å². The van der Waals surface area contributed by atoms with Gasteiger partial charge >= 0.3 is 0 Å². The fraction of sp³-hybridized carbons (Fsp3) is 0.400. The number of carbonyl (C=O) groups excluding carboxylic acids is 1. The van der Waals surface area contributed by atoms with Gasteiger partial charge in [-0.3, -0.25) is 4.79 Å². The fourth-order valence-corrected chi connectivity index (χ4v) is 3.20. The van der Waals surface area contributed by atoms with Gasteiger partial charge in [0.25, 0.3) is 5.91 Å². The largest absolute Gasteiger partial charge is 0.366 e. The Morgan fingerprint density at radius 2 is 2.38 bits per heavy atom. The van der Waals surface area contributed by atoms with Gasteiger partial charge in [-0.1, -0.05) is 0 Å². The van der Waals surface area contributed by atoms with Crippen LogP contribution in [0.2, 0.25) is 0 Å². The third kappa shape index (κ3) is 2.69. The molecule has 0 aliphatic heterocycles. The minimum Gasteiger partial charge on any atom is -0.366 e. The second kappa shape index (κ2) is 5.34. The molecule has 5 nitrogen and oxygen atoms in total. The molecular formula is C15H16N4OS. The van der Waals surface area contributed by atoms with Crippen LogP contribution in [0.3, 0.4) is 0 Å². The van der Waals surface area contributed by atoms with Crippen molar-refractivity contribution < 1.29 is 4.79 Å². The molecule has 0 saturated heterocycles. The Kier molecular flexibility index (Phi) is 3.52. The predicted octanol–water partition coefficient (Wildman–Crippen LogP) is 2.50. The zero-order valence-corrected chi connectivity index (χ0v) is 12.6. The summed E-state index contributed by atoms with van der Waals surface area (Å²) in [5, 5.41) is 11.5. The van der Waals surface area contributed by atoms with Crippen LogP contribution >= 0.6 is 11.3 Å². The van der Waals surface area contributed by atoms with Crippen molar-refractivity contribution in [3.63, 3.8) is 0 Å². The van der Waals surface area contributed by atoms with Crippen LogP contribution in [0, 0.1) is 24.2 Å². The van der Waals surface area contributed by atoms with Crippen LogP contribution in [0.4, 0.5) is 0 Å². The number of rotatable bonds is 5. The number of thiazole rings is 1. The molecule has 0 radical (unpaired) electrons. The number of primary amides is 1. The molecule has 21 heavy (non-hydrogen) atoms. The molecule has 0 bridgehead atoms. The summed E-state index contributed by atoms with van der Waals surface area (Å²) in [7, 11) is 0. The van der Waals surface area contributed by atoms with Gasteiger partial charge in [-0.05, 0) is 31.7 Å². The topological polar surface area (TPSA) is 84.7 Å². The van der Waals surface area contributed by atoms with Crippen molar-refractivity contribution in [2.45, 2.75) is 32.7 Å². The molecule has 108 valence electrons. The normalized spacial score (nSPS) is 14.1. The maximum atomic E-state index is 11.6. The second-order valence-corrected chi connectivity index (χ2v) is 6.35. The predicted molar refractivity (Wildman–Crippen MR) is 80.8 cm³/mol. The molecule has 1 saturated carbocycles. The van der Waals surface area contributed by atoms with Gasteiger partial charge in [0.15, 0.2) is 0 Å². The minimum absolute atomic E-state index is 0.315. The first-order chi connectivity index (χ1) is 10.1. The number of nitriles is 1. The van der Waals surface area contributed by atoms with Gasteiger partial charge in [-0.2, -0.15) is 5.26 Å². The molecule has 0 atom stereocenters. The zero-order chi connectivity index (χ0) is 15.0. The molecule has 2 N–H and O–H groups in total. The van der Waals surface area contributed by atoms with E-state index in [0.717, 1.165) is 28.6 Å². The maximum absolute atomic E-state index is 11.6. The highest BCUT2D eigenvalue weighted by atomic mass is 32.1. The molecule has 2 aromatic heterocycles. The first-order valence-electron chi connectivity index (χ1n) is 6.91. The minimum atomic E-state index is -0.407. The van der Waals surface area contributed by atoms with E-state index in [1.807, 2.05) is 18.4 Å². The SMILES string of the molecule is Cc1c(C(N)=O)cc(-c2csc(CC#N)n2)n1CC1CC1. The number of nitrogens with two attached hydrogens (primary N) is 1. The fourth-order valence-electron chi connectivity index (χ4n) is 2.48. The molecule has 6 heteroatoms. The second-order valence-electron chi connectivity index (χ2n) is 5.41. The Hall–Kier alpha value is -2.13. The van der Waals surface area contributed by atoms with Crippen molar-refractivity contribution in [2.24, 2.45) is 11.7 Å². The Bertz CT molecular complexity index is 733. The summed E-state index contributed by atoms with van der Waals surface area (Å²) in [5.74, 6) is 0.281. The van der Waals surface area contributed by atoms with E-state index in [0.29, 0.717) is 17.9 Å². The quantitative estimate of drug-likeness (QED) is 0.920. The Labute approximate surface area is 127 Å². The summed E-state index contributed by atoms with van der Waals surface area (Å²) >= 11 is 1.47. The third-order valence-corrected chi connectivity index (χ3v) is 4.66. The molecule has 1 aliphatic rings. The number of hydrogen-bond donors (Lipinski definition) is 1. The lowest BCUT2D eigenvalue weighted by Gasteiger charge is -2.09. The zero-order valence-electron chi connectivity index (χ0n) is 11.8. The van der Waals surface area contributed by atoms with E-state index in [4.69, 9.17) is 11.0 Å². The Morgan fingerprint density at radius 3 is 3.00 bits per heavy atom. The Balaban J connectivity index is 2.04. The Morgan fingerprint density at radius 1 is 1.62 bits per heavy atom. The van der Waals surface area contributed by atoms with Gasteiger partial charge in [-0.25, -0.2) is 4.98 Å². The van der Waals surface area contributed by atoms with Crippen LogP contribution in [0.1, 0.15) is 33.9 Å². The van der Waals surface area contributed by atoms with Gasteiger partial charge in [-0.15, -0.1) is 11.3 Å². The van der Waals surface area contributed by atoms with Gasteiger partial charge < -0.3 is 10.3 Å². The molecule has 3 rings (SSSR count). The van der Waals surface area contributed by atoms with Crippen LogP contribution in [-0.4, -0.2) is 15.5 Å². The van der Waals surface area contributed by atoms with Crippen molar-refractivity contribution in [3.05, 3.63) is 27.7 Å². The average Bonchev–Trinajstić information content (AvgIpc) is 3.04. The molecule has 2 aromatic rings. The van der Waals surface area contributed by atoms with Crippen LogP contribution in [-0.2, 0) is 13.0 Å². The first-order valence-corrected chi connectivity index (χ1v) is 7.79. The molecule has 2 heterocycles. The average molecular weight is 300 g/mol. The van der Waals surface area contributed by atoms with Crippen molar-refractivity contribution in [2.75, 3.05) is 0 Å². The van der Waals surface area contributed by atoms with Crippen molar-refractivity contribution in [3.8, 4) is 17.5 Å². The number of nitrogens with zero attached hydrogens (tertiary/aromatic N) is 3. The summed E-state index contributed by atoms with van der Waals surface area (Å²) in [4.78, 5) is 16.1. The summed E-state index contributed by atoms with van der Waals surface area (Å²) in [6, 6.07) is 3.93. The molecular weight excluding hydrogens is 284 g/mol. The summed E-state index contributed by atoms with van der Waals surface area (Å²) in [6.07, 6.45) is 2.79. The number of amides is 1. The van der Waals surface area contributed by atoms with Crippen LogP contribution < -0.4 is 5.73 Å². The molecule has 1 fully saturated rings. The van der Waals surface area contributed by atoms with Gasteiger partial charge in [0.2, 0.25) is 0 Å². The number of hydrogen-bond acceptors (Lipinski definition) is 4. The summed E-state index contributed by atoms with van der Waals surface area (Å²) in [5.41, 5.74) is 8.66. The lowest BCUT2D eigenvalue weighted by Crippen LogP contribution is -2.12. The molecule has 0 aromatic carbocycles. The smallest absolute Gasteiger partial charge is 0.250 e. The third-order valence-electron chi connectivity index (χ3n) is 3.81. The summed E-state index contributed by atoms with van der Waals surface area (Å²) < 4.78 is 2.14. The van der Waals surface area contributed by atoms with E-state index in [9.17, 15) is 4.79 Å². The molecule has 0 unspecified atom stereocenters. The highest BCUT2D eigenvalue weighted by molar-refractivity contribution is 7.10. The van der Waals surface area contributed by atoms with Crippen molar-refractivity contribution in [1.82, 2.24) is 9.55 Å². The van der Waals surface area contributed by atoms with E-state index in [1.165, 1.54) is 24.2 Å². The first kappa shape index (κ1) is 13.8. The van der Waals surface area contributed by atoms with E-state index in [-0.39, 0.29) is 0 Å².